The third-order valence-corrected chi connectivity index (χ3v) is 2.28. The minimum atomic E-state index is -0.617. The number of ether oxygens (including phenoxy) is 1. The molecule has 0 heterocycles. The zero-order chi connectivity index (χ0) is 12.8. The Balaban J connectivity index is 3.00. The lowest BCUT2D eigenvalue weighted by atomic mass is 10.1. The molecule has 0 aliphatic heterocycles. The summed E-state index contributed by atoms with van der Waals surface area (Å²) < 4.78 is 5.30. The topological polar surface area (TPSA) is 73.8 Å². The van der Waals surface area contributed by atoms with Gasteiger partial charge in [0.2, 0.25) is 0 Å². The Morgan fingerprint density at radius 2 is 2.12 bits per heavy atom. The van der Waals surface area contributed by atoms with Crippen LogP contribution in [0.3, 0.4) is 0 Å². The number of nitrogens with one attached hydrogen (secondary N) is 2. The Bertz CT molecular complexity index is 367. The van der Waals surface area contributed by atoms with Crippen LogP contribution in [0.25, 0.3) is 0 Å². The van der Waals surface area contributed by atoms with Gasteiger partial charge >= 0.3 is 0 Å². The molecule has 0 saturated heterocycles. The van der Waals surface area contributed by atoms with Gasteiger partial charge in [-0.3, -0.25) is 0 Å². The normalized spacial score (nSPS) is 12.1. The fourth-order valence-corrected chi connectivity index (χ4v) is 1.69. The van der Waals surface area contributed by atoms with Gasteiger partial charge in [-0.05, 0) is 31.5 Å². The van der Waals surface area contributed by atoms with E-state index in [-0.39, 0.29) is 6.61 Å². The first-order valence-electron chi connectivity index (χ1n) is 5.56. The van der Waals surface area contributed by atoms with Gasteiger partial charge in [0, 0.05) is 12.2 Å². The van der Waals surface area contributed by atoms with Crippen molar-refractivity contribution in [2.45, 2.75) is 20.1 Å². The van der Waals surface area contributed by atoms with Crippen molar-refractivity contribution in [1.29, 1.82) is 0 Å². The summed E-state index contributed by atoms with van der Waals surface area (Å²) in [4.78, 5) is 0. The van der Waals surface area contributed by atoms with Gasteiger partial charge in [-0.15, -0.1) is 0 Å². The molecule has 0 fully saturated rings. The Morgan fingerprint density at radius 3 is 2.65 bits per heavy atom. The highest BCUT2D eigenvalue weighted by atomic mass is 16.5. The van der Waals surface area contributed by atoms with Gasteiger partial charge < -0.3 is 25.6 Å². The lowest BCUT2D eigenvalue weighted by Crippen LogP contribution is -2.14. The van der Waals surface area contributed by atoms with Gasteiger partial charge in [-0.25, -0.2) is 0 Å². The van der Waals surface area contributed by atoms with Gasteiger partial charge in [-0.1, -0.05) is 0 Å². The molecule has 1 unspecified atom stereocenters. The number of methoxy groups -OCH3 is 1. The average Bonchev–Trinajstić information content (AvgIpc) is 2.25. The van der Waals surface area contributed by atoms with Crippen LogP contribution in [0.2, 0.25) is 0 Å². The zero-order valence-corrected chi connectivity index (χ0v) is 10.4. The molecule has 1 rings (SSSR count). The molecule has 0 aromatic heterocycles. The molecule has 5 heteroatoms. The Labute approximate surface area is 101 Å². The monoisotopic (exact) mass is 240 g/mol. The van der Waals surface area contributed by atoms with Crippen LogP contribution in [0, 0.1) is 6.92 Å². The SMILES string of the molecule is COc1c(C)cc(NC(C)O)cc1NCCO. The molecule has 0 amide bonds. The number of aliphatic hydroxyl groups excluding tert-OH is 2. The van der Waals surface area contributed by atoms with Crippen molar-refractivity contribution >= 4 is 11.4 Å². The Morgan fingerprint density at radius 1 is 1.41 bits per heavy atom. The molecule has 1 atom stereocenters. The van der Waals surface area contributed by atoms with Crippen LogP contribution in [-0.2, 0) is 0 Å². The summed E-state index contributed by atoms with van der Waals surface area (Å²) in [7, 11) is 1.61. The summed E-state index contributed by atoms with van der Waals surface area (Å²) in [5, 5.41) is 24.1. The fourth-order valence-electron chi connectivity index (χ4n) is 1.69. The summed E-state index contributed by atoms with van der Waals surface area (Å²) in [6.07, 6.45) is -0.617. The maximum atomic E-state index is 9.29. The number of anilines is 2. The van der Waals surface area contributed by atoms with Crippen molar-refractivity contribution in [3.63, 3.8) is 0 Å². The quantitative estimate of drug-likeness (QED) is 0.561. The molecular formula is C12H20N2O3. The van der Waals surface area contributed by atoms with Crippen LogP contribution in [0.5, 0.6) is 5.75 Å². The van der Waals surface area contributed by atoms with Gasteiger partial charge in [0.25, 0.3) is 0 Å². The van der Waals surface area contributed by atoms with E-state index in [1.165, 1.54) is 0 Å². The molecule has 0 spiro atoms. The van der Waals surface area contributed by atoms with Gasteiger partial charge in [-0.2, -0.15) is 0 Å². The summed E-state index contributed by atoms with van der Waals surface area (Å²) >= 11 is 0. The molecule has 0 saturated carbocycles. The van der Waals surface area contributed by atoms with Gasteiger partial charge in [0.15, 0.2) is 0 Å². The molecule has 0 bridgehead atoms. The van der Waals surface area contributed by atoms with E-state index in [9.17, 15) is 5.11 Å². The highest BCUT2D eigenvalue weighted by Gasteiger charge is 2.09. The number of hydrogen-bond acceptors (Lipinski definition) is 5. The molecule has 5 nitrogen and oxygen atoms in total. The van der Waals surface area contributed by atoms with Gasteiger partial charge in [0.05, 0.1) is 19.4 Å². The standard InChI is InChI=1S/C12H20N2O3/c1-8-6-10(14-9(2)16)7-11(12(8)17-3)13-4-5-15/h6-7,9,13-16H,4-5H2,1-3H3. The highest BCUT2D eigenvalue weighted by molar-refractivity contribution is 5.68. The number of aryl methyl sites for hydroxylation is 1. The second-order valence-corrected chi connectivity index (χ2v) is 3.84. The first kappa shape index (κ1) is 13.6. The second-order valence-electron chi connectivity index (χ2n) is 3.84. The second kappa shape index (κ2) is 6.32. The molecule has 1 aromatic rings. The minimum Gasteiger partial charge on any atom is -0.494 e. The first-order chi connectivity index (χ1) is 8.08. The van der Waals surface area contributed by atoms with E-state index in [0.717, 1.165) is 22.7 Å². The molecular weight excluding hydrogens is 220 g/mol. The predicted molar refractivity (Wildman–Crippen MR) is 68.6 cm³/mol. The average molecular weight is 240 g/mol. The zero-order valence-electron chi connectivity index (χ0n) is 10.4. The molecule has 1 aromatic carbocycles. The van der Waals surface area contributed by atoms with Crippen LogP contribution >= 0.6 is 0 Å². The van der Waals surface area contributed by atoms with E-state index in [2.05, 4.69) is 10.6 Å². The summed E-state index contributed by atoms with van der Waals surface area (Å²) in [6.45, 7) is 4.08. The van der Waals surface area contributed by atoms with Crippen molar-refractivity contribution in [1.82, 2.24) is 0 Å². The van der Waals surface area contributed by atoms with Crippen molar-refractivity contribution < 1.29 is 14.9 Å². The van der Waals surface area contributed by atoms with Crippen LogP contribution in [0.15, 0.2) is 12.1 Å². The van der Waals surface area contributed by atoms with E-state index < -0.39 is 6.23 Å². The molecule has 17 heavy (non-hydrogen) atoms. The van der Waals surface area contributed by atoms with Crippen LogP contribution < -0.4 is 15.4 Å². The fraction of sp³-hybridized carbons (Fsp3) is 0.500. The molecule has 0 radical (unpaired) electrons. The van der Waals surface area contributed by atoms with E-state index in [1.54, 1.807) is 14.0 Å². The smallest absolute Gasteiger partial charge is 0.145 e. The minimum absolute atomic E-state index is 0.0518. The number of benzene rings is 1. The van der Waals surface area contributed by atoms with E-state index in [0.29, 0.717) is 6.54 Å². The largest absolute Gasteiger partial charge is 0.494 e. The van der Waals surface area contributed by atoms with Crippen molar-refractivity contribution in [3.8, 4) is 5.75 Å². The molecule has 0 aliphatic carbocycles. The maximum Gasteiger partial charge on any atom is 0.145 e. The maximum absolute atomic E-state index is 9.29. The summed E-state index contributed by atoms with van der Waals surface area (Å²) in [5.41, 5.74) is 2.56. The third-order valence-electron chi connectivity index (χ3n) is 2.28. The van der Waals surface area contributed by atoms with Crippen LogP contribution in [0.1, 0.15) is 12.5 Å². The van der Waals surface area contributed by atoms with E-state index in [1.807, 2.05) is 19.1 Å². The van der Waals surface area contributed by atoms with Crippen molar-refractivity contribution in [2.75, 3.05) is 30.9 Å². The predicted octanol–water partition coefficient (Wildman–Crippen LogP) is 1.16. The van der Waals surface area contributed by atoms with E-state index in [4.69, 9.17) is 9.84 Å². The lowest BCUT2D eigenvalue weighted by Gasteiger charge is -2.17. The number of aliphatic hydroxyl groups is 2. The van der Waals surface area contributed by atoms with E-state index >= 15 is 0 Å². The lowest BCUT2D eigenvalue weighted by molar-refractivity contribution is 0.224. The number of rotatable bonds is 6. The molecule has 4 N–H and O–H groups in total. The molecule has 96 valence electrons. The van der Waals surface area contributed by atoms with Crippen molar-refractivity contribution in [2.24, 2.45) is 0 Å². The molecule has 0 aliphatic rings. The Hall–Kier alpha value is -1.46. The Kier molecular flexibility index (Phi) is 5.06. The summed E-state index contributed by atoms with van der Waals surface area (Å²) in [5.74, 6) is 0.745. The summed E-state index contributed by atoms with van der Waals surface area (Å²) in [6, 6.07) is 3.74. The van der Waals surface area contributed by atoms with Gasteiger partial charge in [0.1, 0.15) is 12.0 Å². The van der Waals surface area contributed by atoms with Crippen molar-refractivity contribution in [3.05, 3.63) is 17.7 Å². The number of hydrogen-bond donors (Lipinski definition) is 4. The third kappa shape index (κ3) is 3.80. The van der Waals surface area contributed by atoms with Crippen LogP contribution in [0.4, 0.5) is 11.4 Å². The highest BCUT2D eigenvalue weighted by Crippen LogP contribution is 2.32. The first-order valence-corrected chi connectivity index (χ1v) is 5.56. The van der Waals surface area contributed by atoms with Crippen LogP contribution in [-0.4, -0.2) is 36.7 Å².